The van der Waals surface area contributed by atoms with Crippen molar-refractivity contribution >= 4 is 11.7 Å². The number of nitrogens with one attached hydrogen (secondary N) is 1. The van der Waals surface area contributed by atoms with Gasteiger partial charge >= 0.3 is 0 Å². The van der Waals surface area contributed by atoms with Crippen LogP contribution in [0.15, 0.2) is 6.20 Å². The molecule has 0 bridgehead atoms. The molecular weight excluding hydrogens is 224 g/mol. The number of hydrogen-bond acceptors (Lipinski definition) is 5. The van der Waals surface area contributed by atoms with E-state index in [1.54, 1.807) is 0 Å². The number of nitriles is 1. The maximum Gasteiger partial charge on any atom is 0.225 e. The van der Waals surface area contributed by atoms with Gasteiger partial charge < -0.3 is 15.5 Å². The molecule has 0 aromatic carbocycles. The number of nitrogens with zero attached hydrogens (tertiary/aromatic N) is 3. The first-order chi connectivity index (χ1) is 8.22. The van der Waals surface area contributed by atoms with Crippen molar-refractivity contribution < 1.29 is 15.0 Å². The summed E-state index contributed by atoms with van der Waals surface area (Å²) in [5, 5.41) is 32.7. The Morgan fingerprint density at radius 3 is 2.88 bits per heavy atom. The molecule has 1 aromatic heterocycles. The van der Waals surface area contributed by atoms with Crippen molar-refractivity contribution in [2.45, 2.75) is 19.4 Å². The molecule has 0 spiro atoms. The monoisotopic (exact) mass is 238 g/mol. The third-order valence-corrected chi connectivity index (χ3v) is 2.09. The van der Waals surface area contributed by atoms with Crippen LogP contribution in [0.3, 0.4) is 0 Å². The van der Waals surface area contributed by atoms with Gasteiger partial charge in [0, 0.05) is 13.0 Å². The van der Waals surface area contributed by atoms with Crippen LogP contribution >= 0.6 is 0 Å². The fourth-order valence-corrected chi connectivity index (χ4v) is 1.30. The first kappa shape index (κ1) is 13.2. The van der Waals surface area contributed by atoms with Gasteiger partial charge in [0.1, 0.15) is 17.5 Å². The zero-order valence-corrected chi connectivity index (χ0v) is 9.26. The summed E-state index contributed by atoms with van der Waals surface area (Å²) in [6, 6.07) is 1.91. The Hall–Kier alpha value is -1.91. The number of aliphatic hydroxyl groups is 2. The number of anilines is 1. The third-order valence-electron chi connectivity index (χ3n) is 2.09. The summed E-state index contributed by atoms with van der Waals surface area (Å²) >= 11 is 0. The van der Waals surface area contributed by atoms with E-state index in [-0.39, 0.29) is 43.5 Å². The first-order valence-corrected chi connectivity index (χ1v) is 5.20. The van der Waals surface area contributed by atoms with Crippen molar-refractivity contribution in [3.63, 3.8) is 0 Å². The van der Waals surface area contributed by atoms with Gasteiger partial charge in [-0.15, -0.1) is 0 Å². The van der Waals surface area contributed by atoms with Gasteiger partial charge in [-0.3, -0.25) is 4.79 Å². The zero-order valence-electron chi connectivity index (χ0n) is 9.26. The van der Waals surface area contributed by atoms with Gasteiger partial charge in [0.2, 0.25) is 5.91 Å². The average Bonchev–Trinajstić information content (AvgIpc) is 2.70. The third kappa shape index (κ3) is 3.55. The minimum atomic E-state index is -0.296. The molecule has 7 nitrogen and oxygen atoms in total. The Morgan fingerprint density at radius 1 is 1.53 bits per heavy atom. The molecule has 0 radical (unpaired) electrons. The van der Waals surface area contributed by atoms with Gasteiger partial charge in [0.05, 0.1) is 19.3 Å². The number of aliphatic hydroxyl groups excluding tert-OH is 2. The summed E-state index contributed by atoms with van der Waals surface area (Å²) in [4.78, 5) is 11.5. The van der Waals surface area contributed by atoms with Crippen molar-refractivity contribution in [1.82, 2.24) is 9.78 Å². The molecule has 7 heteroatoms. The van der Waals surface area contributed by atoms with E-state index < -0.39 is 0 Å². The molecule has 92 valence electrons. The molecule has 0 saturated carbocycles. The summed E-state index contributed by atoms with van der Waals surface area (Å²) < 4.78 is 1.36. The standard InChI is InChI=1S/C10H14N4O3/c11-6-8-7-12-14(3-5-16)10(8)13-9(17)2-1-4-15/h7,15-16H,1-5H2,(H,13,17). The quantitative estimate of drug-likeness (QED) is 0.616. The summed E-state index contributed by atoms with van der Waals surface area (Å²) in [5.74, 6) is -0.0141. The molecule has 3 N–H and O–H groups in total. The average molecular weight is 238 g/mol. The van der Waals surface area contributed by atoms with E-state index >= 15 is 0 Å². The van der Waals surface area contributed by atoms with Crippen LogP contribution in [0, 0.1) is 11.3 Å². The lowest BCUT2D eigenvalue weighted by Gasteiger charge is -2.07. The van der Waals surface area contributed by atoms with E-state index in [1.807, 2.05) is 6.07 Å². The van der Waals surface area contributed by atoms with E-state index in [4.69, 9.17) is 15.5 Å². The second kappa shape index (κ2) is 6.62. The number of aromatic nitrogens is 2. The molecule has 0 atom stereocenters. The Kier molecular flexibility index (Phi) is 5.13. The van der Waals surface area contributed by atoms with Crippen molar-refractivity contribution in [2.24, 2.45) is 0 Å². The molecule has 17 heavy (non-hydrogen) atoms. The highest BCUT2D eigenvalue weighted by Crippen LogP contribution is 2.14. The van der Waals surface area contributed by atoms with Crippen LogP contribution in [0.4, 0.5) is 5.82 Å². The second-order valence-corrected chi connectivity index (χ2v) is 3.34. The smallest absolute Gasteiger partial charge is 0.225 e. The number of rotatable bonds is 6. The molecule has 1 rings (SSSR count). The van der Waals surface area contributed by atoms with Crippen LogP contribution in [0.25, 0.3) is 0 Å². The highest BCUT2D eigenvalue weighted by Gasteiger charge is 2.12. The van der Waals surface area contributed by atoms with Crippen LogP contribution in [0.2, 0.25) is 0 Å². The predicted octanol–water partition coefficient (Wildman–Crippen LogP) is -0.542. The maximum atomic E-state index is 11.5. The van der Waals surface area contributed by atoms with E-state index in [1.165, 1.54) is 10.9 Å². The van der Waals surface area contributed by atoms with Gasteiger partial charge in [-0.2, -0.15) is 10.4 Å². The molecular formula is C10H14N4O3. The lowest BCUT2D eigenvalue weighted by molar-refractivity contribution is -0.116. The Balaban J connectivity index is 2.77. The van der Waals surface area contributed by atoms with Gasteiger partial charge in [-0.25, -0.2) is 4.68 Å². The van der Waals surface area contributed by atoms with E-state index in [2.05, 4.69) is 10.4 Å². The molecule has 0 aliphatic carbocycles. The van der Waals surface area contributed by atoms with Gasteiger partial charge in [0.25, 0.3) is 0 Å². The van der Waals surface area contributed by atoms with Crippen molar-refractivity contribution in [1.29, 1.82) is 5.26 Å². The van der Waals surface area contributed by atoms with Gasteiger partial charge in [0.15, 0.2) is 0 Å². The Morgan fingerprint density at radius 2 is 2.29 bits per heavy atom. The predicted molar refractivity (Wildman–Crippen MR) is 59.0 cm³/mol. The Bertz CT molecular complexity index is 422. The van der Waals surface area contributed by atoms with E-state index in [0.29, 0.717) is 6.42 Å². The summed E-state index contributed by atoms with van der Waals surface area (Å²) in [6.45, 7) is 0.0117. The summed E-state index contributed by atoms with van der Waals surface area (Å²) in [6.07, 6.45) is 1.87. The normalized spacial score (nSPS) is 9.94. The number of carbonyl (C=O) groups excluding carboxylic acids is 1. The number of hydrogen-bond donors (Lipinski definition) is 3. The van der Waals surface area contributed by atoms with Crippen molar-refractivity contribution in [2.75, 3.05) is 18.5 Å². The van der Waals surface area contributed by atoms with E-state index in [9.17, 15) is 4.79 Å². The topological polar surface area (TPSA) is 111 Å². The molecule has 0 saturated heterocycles. The van der Waals surface area contributed by atoms with Crippen molar-refractivity contribution in [3.05, 3.63) is 11.8 Å². The molecule has 1 heterocycles. The SMILES string of the molecule is N#Cc1cnn(CCO)c1NC(=O)CCCO. The van der Waals surface area contributed by atoms with Crippen LogP contribution in [-0.2, 0) is 11.3 Å². The zero-order chi connectivity index (χ0) is 12.7. The van der Waals surface area contributed by atoms with Crippen LogP contribution in [0.1, 0.15) is 18.4 Å². The minimum Gasteiger partial charge on any atom is -0.396 e. The van der Waals surface area contributed by atoms with Crippen LogP contribution < -0.4 is 5.32 Å². The highest BCUT2D eigenvalue weighted by atomic mass is 16.3. The molecule has 0 fully saturated rings. The fraction of sp³-hybridized carbons (Fsp3) is 0.500. The lowest BCUT2D eigenvalue weighted by Crippen LogP contribution is -2.17. The summed E-state index contributed by atoms with van der Waals surface area (Å²) in [7, 11) is 0. The van der Waals surface area contributed by atoms with Gasteiger partial charge in [-0.1, -0.05) is 0 Å². The Labute approximate surface area is 98.3 Å². The van der Waals surface area contributed by atoms with Gasteiger partial charge in [-0.05, 0) is 6.42 Å². The number of amides is 1. The largest absolute Gasteiger partial charge is 0.396 e. The van der Waals surface area contributed by atoms with Crippen LogP contribution in [0.5, 0.6) is 0 Å². The molecule has 1 aromatic rings. The summed E-state index contributed by atoms with van der Waals surface area (Å²) in [5.41, 5.74) is 0.246. The lowest BCUT2D eigenvalue weighted by atomic mass is 10.3. The van der Waals surface area contributed by atoms with E-state index in [0.717, 1.165) is 0 Å². The fourth-order valence-electron chi connectivity index (χ4n) is 1.30. The minimum absolute atomic E-state index is 0.0611. The molecule has 1 amide bonds. The first-order valence-electron chi connectivity index (χ1n) is 5.20. The second-order valence-electron chi connectivity index (χ2n) is 3.34. The molecule has 0 unspecified atom stereocenters. The molecule has 0 aliphatic heterocycles. The maximum absolute atomic E-state index is 11.5. The molecule has 0 aliphatic rings. The van der Waals surface area contributed by atoms with Crippen molar-refractivity contribution in [3.8, 4) is 6.07 Å². The highest BCUT2D eigenvalue weighted by molar-refractivity contribution is 5.91. The van der Waals surface area contributed by atoms with Crippen LogP contribution in [-0.4, -0.2) is 39.1 Å². The number of carbonyl (C=O) groups is 1.